The number of nitrogen functional groups attached to an aromatic ring is 1. The molecule has 1 aliphatic rings. The SMILES string of the molecule is COc1cc(C(Nc2ccc(C(=N)N)cc2)c2nn(-c3[nH]ncc3C(=O)O)c(=O)[nH]2)c(F)c2c1OCCC2. The number of benzene rings is 2. The molecule has 2 aromatic carbocycles. The molecule has 1 aliphatic heterocycles. The minimum absolute atomic E-state index is 0.00536. The van der Waals surface area contributed by atoms with E-state index in [2.05, 4.69) is 25.6 Å². The van der Waals surface area contributed by atoms with Crippen molar-refractivity contribution in [2.45, 2.75) is 18.9 Å². The molecule has 0 fully saturated rings. The highest BCUT2D eigenvalue weighted by Gasteiger charge is 2.30. The second-order valence-corrected chi connectivity index (χ2v) is 8.47. The van der Waals surface area contributed by atoms with E-state index in [1.165, 1.54) is 13.2 Å². The lowest BCUT2D eigenvalue weighted by Gasteiger charge is -2.25. The van der Waals surface area contributed by atoms with Crippen molar-refractivity contribution in [3.05, 3.63) is 80.9 Å². The molecule has 0 radical (unpaired) electrons. The first kappa shape index (κ1) is 24.5. The predicted molar refractivity (Wildman–Crippen MR) is 133 cm³/mol. The highest BCUT2D eigenvalue weighted by molar-refractivity contribution is 5.95. The summed E-state index contributed by atoms with van der Waals surface area (Å²) in [5.74, 6) is -1.50. The quantitative estimate of drug-likeness (QED) is 0.148. The van der Waals surface area contributed by atoms with Gasteiger partial charge in [-0.1, -0.05) is 0 Å². The van der Waals surface area contributed by atoms with E-state index >= 15 is 4.39 Å². The number of nitrogens with one attached hydrogen (secondary N) is 4. The van der Waals surface area contributed by atoms with Gasteiger partial charge in [0.25, 0.3) is 0 Å². The Hall–Kier alpha value is -5.14. The minimum Gasteiger partial charge on any atom is -0.493 e. The number of carbonyl (C=O) groups is 1. The zero-order chi connectivity index (χ0) is 27.0. The summed E-state index contributed by atoms with van der Waals surface area (Å²) in [4.78, 5) is 27.0. The molecular formula is C24H23FN8O5. The maximum atomic E-state index is 16.0. The third-order valence-corrected chi connectivity index (χ3v) is 6.13. The number of carboxylic acid groups (broad SMARTS) is 1. The Balaban J connectivity index is 1.66. The molecule has 14 heteroatoms. The number of amidine groups is 1. The van der Waals surface area contributed by atoms with Crippen molar-refractivity contribution in [2.24, 2.45) is 5.73 Å². The van der Waals surface area contributed by atoms with Crippen molar-refractivity contribution >= 4 is 17.5 Å². The van der Waals surface area contributed by atoms with Crippen LogP contribution in [0.5, 0.6) is 11.5 Å². The number of nitrogens with zero attached hydrogens (tertiary/aromatic N) is 3. The molecule has 0 aliphatic carbocycles. The van der Waals surface area contributed by atoms with Crippen LogP contribution in [0.15, 0.2) is 41.3 Å². The monoisotopic (exact) mass is 522 g/mol. The van der Waals surface area contributed by atoms with Crippen LogP contribution in [-0.2, 0) is 6.42 Å². The van der Waals surface area contributed by atoms with E-state index < -0.39 is 23.5 Å². The van der Waals surface area contributed by atoms with Gasteiger partial charge in [0.1, 0.15) is 23.3 Å². The van der Waals surface area contributed by atoms with Gasteiger partial charge in [-0.25, -0.2) is 14.0 Å². The summed E-state index contributed by atoms with van der Waals surface area (Å²) >= 11 is 0. The van der Waals surface area contributed by atoms with Crippen LogP contribution in [0.1, 0.15) is 45.3 Å². The van der Waals surface area contributed by atoms with Gasteiger partial charge in [0, 0.05) is 22.4 Å². The molecule has 4 aromatic rings. The van der Waals surface area contributed by atoms with E-state index in [1.807, 2.05) is 0 Å². The molecule has 0 saturated carbocycles. The smallest absolute Gasteiger partial charge is 0.349 e. The third-order valence-electron chi connectivity index (χ3n) is 6.13. The number of nitrogens with two attached hydrogens (primary N) is 1. The topological polar surface area (TPSA) is 197 Å². The minimum atomic E-state index is -1.31. The number of aromatic nitrogens is 5. The van der Waals surface area contributed by atoms with Crippen LogP contribution < -0.4 is 26.2 Å². The number of fused-ring (bicyclic) bond motifs is 1. The van der Waals surface area contributed by atoms with Crippen LogP contribution in [0.3, 0.4) is 0 Å². The summed E-state index contributed by atoms with van der Waals surface area (Å²) in [6, 6.07) is 6.94. The van der Waals surface area contributed by atoms with Gasteiger partial charge in [0.2, 0.25) is 0 Å². The van der Waals surface area contributed by atoms with Gasteiger partial charge in [0.05, 0.1) is 19.9 Å². The van der Waals surface area contributed by atoms with Gasteiger partial charge in [-0.05, 0) is 43.2 Å². The zero-order valence-corrected chi connectivity index (χ0v) is 20.0. The van der Waals surface area contributed by atoms with Crippen molar-refractivity contribution < 1.29 is 23.8 Å². The van der Waals surface area contributed by atoms with Crippen molar-refractivity contribution in [2.75, 3.05) is 19.0 Å². The Morgan fingerprint density at radius 1 is 1.37 bits per heavy atom. The first-order valence-corrected chi connectivity index (χ1v) is 11.5. The fourth-order valence-corrected chi connectivity index (χ4v) is 4.28. The molecule has 1 atom stereocenters. The molecule has 1 unspecified atom stereocenters. The van der Waals surface area contributed by atoms with E-state index in [0.717, 1.165) is 10.9 Å². The molecule has 2 aromatic heterocycles. The van der Waals surface area contributed by atoms with Gasteiger partial charge < -0.3 is 25.6 Å². The van der Waals surface area contributed by atoms with Crippen molar-refractivity contribution in [1.82, 2.24) is 25.0 Å². The Labute approximate surface area is 213 Å². The molecule has 3 heterocycles. The van der Waals surface area contributed by atoms with Gasteiger partial charge >= 0.3 is 11.7 Å². The largest absolute Gasteiger partial charge is 0.493 e. The Morgan fingerprint density at radius 2 is 2.13 bits per heavy atom. The van der Waals surface area contributed by atoms with Crippen LogP contribution in [-0.4, -0.2) is 55.6 Å². The van der Waals surface area contributed by atoms with Crippen LogP contribution in [0, 0.1) is 11.2 Å². The van der Waals surface area contributed by atoms with Crippen LogP contribution in [0.2, 0.25) is 0 Å². The first-order valence-electron chi connectivity index (χ1n) is 11.5. The Bertz CT molecular complexity index is 1590. The number of aromatic amines is 2. The van der Waals surface area contributed by atoms with E-state index in [4.69, 9.17) is 20.6 Å². The molecule has 0 bridgehead atoms. The fraction of sp³-hybridized carbons (Fsp3) is 0.208. The molecule has 196 valence electrons. The fourth-order valence-electron chi connectivity index (χ4n) is 4.28. The number of rotatable bonds is 8. The van der Waals surface area contributed by atoms with E-state index in [0.29, 0.717) is 47.8 Å². The molecule has 7 N–H and O–H groups in total. The number of halogens is 1. The maximum Gasteiger partial charge on any atom is 0.349 e. The highest BCUT2D eigenvalue weighted by atomic mass is 19.1. The number of methoxy groups -OCH3 is 1. The third kappa shape index (κ3) is 4.31. The molecular weight excluding hydrogens is 499 g/mol. The lowest BCUT2D eigenvalue weighted by molar-refractivity contribution is 0.0696. The van der Waals surface area contributed by atoms with Gasteiger partial charge in [-0.15, -0.1) is 5.10 Å². The highest BCUT2D eigenvalue weighted by Crippen LogP contribution is 2.41. The van der Waals surface area contributed by atoms with Gasteiger partial charge in [-0.3, -0.25) is 15.5 Å². The summed E-state index contributed by atoms with van der Waals surface area (Å²) < 4.78 is 28.0. The number of hydrogen-bond acceptors (Lipinski definition) is 8. The molecule has 0 spiro atoms. The van der Waals surface area contributed by atoms with Crippen LogP contribution in [0.25, 0.3) is 5.82 Å². The number of ether oxygens (including phenoxy) is 2. The second kappa shape index (κ2) is 9.72. The van der Waals surface area contributed by atoms with E-state index in [9.17, 15) is 14.7 Å². The van der Waals surface area contributed by atoms with Crippen molar-refractivity contribution in [3.63, 3.8) is 0 Å². The number of hydrogen-bond donors (Lipinski definition) is 6. The van der Waals surface area contributed by atoms with Crippen LogP contribution >= 0.6 is 0 Å². The number of carboxylic acids is 1. The molecule has 0 saturated heterocycles. The predicted octanol–water partition coefficient (Wildman–Crippen LogP) is 1.94. The lowest BCUT2D eigenvalue weighted by Crippen LogP contribution is -2.20. The van der Waals surface area contributed by atoms with Crippen LogP contribution in [0.4, 0.5) is 10.1 Å². The Morgan fingerprint density at radius 3 is 2.82 bits per heavy atom. The Kier molecular flexibility index (Phi) is 6.28. The standard InChI is InChI=1S/C24H23FN8O5/c1-37-16-9-14(17(25)13-3-2-8-38-19(13)16)18(29-12-6-4-11(5-7-12)20(26)27)21-30-24(36)33(32-21)22-15(23(34)35)10-28-31-22/h4-7,9-10,18,29H,2-3,8H2,1H3,(H3,26,27)(H,28,31)(H,34,35)(H,30,32,36). The molecule has 5 rings (SSSR count). The number of aromatic carboxylic acids is 1. The lowest BCUT2D eigenvalue weighted by atomic mass is 9.96. The average molecular weight is 522 g/mol. The second-order valence-electron chi connectivity index (χ2n) is 8.47. The summed E-state index contributed by atoms with van der Waals surface area (Å²) in [5.41, 5.74) is 5.97. The summed E-state index contributed by atoms with van der Waals surface area (Å²) in [6.07, 6.45) is 2.09. The molecule has 13 nitrogen and oxygen atoms in total. The average Bonchev–Trinajstić information content (AvgIpc) is 3.55. The number of anilines is 1. The summed E-state index contributed by atoms with van der Waals surface area (Å²) in [6.45, 7) is 0.431. The summed E-state index contributed by atoms with van der Waals surface area (Å²) in [7, 11) is 1.44. The normalized spacial score (nSPS) is 13.3. The van der Waals surface area contributed by atoms with Crippen molar-refractivity contribution in [1.29, 1.82) is 5.41 Å². The summed E-state index contributed by atoms with van der Waals surface area (Å²) in [5, 5.41) is 30.6. The zero-order valence-electron chi connectivity index (χ0n) is 20.0. The van der Waals surface area contributed by atoms with E-state index in [-0.39, 0.29) is 28.6 Å². The number of H-pyrrole nitrogens is 2. The molecule has 0 amide bonds. The molecule has 38 heavy (non-hydrogen) atoms. The van der Waals surface area contributed by atoms with Crippen molar-refractivity contribution in [3.8, 4) is 17.3 Å². The first-order chi connectivity index (χ1) is 18.3. The van der Waals surface area contributed by atoms with E-state index in [1.54, 1.807) is 24.3 Å². The van der Waals surface area contributed by atoms with Gasteiger partial charge in [0.15, 0.2) is 23.1 Å². The maximum absolute atomic E-state index is 16.0. The van der Waals surface area contributed by atoms with Gasteiger partial charge in [-0.2, -0.15) is 9.78 Å².